The third-order valence-electron chi connectivity index (χ3n) is 6.59. The Hall–Kier alpha value is -4.41. The first kappa shape index (κ1) is 32.1. The van der Waals surface area contributed by atoms with Crippen LogP contribution in [0.1, 0.15) is 90.5 Å². The van der Waals surface area contributed by atoms with Crippen LogP contribution in [0, 0.1) is 0 Å². The number of anilines is 1. The molecule has 2 N–H and O–H groups in total. The van der Waals surface area contributed by atoms with Crippen molar-refractivity contribution in [2.75, 3.05) is 33.1 Å². The Morgan fingerprint density at radius 1 is 1.02 bits per heavy atom. The summed E-state index contributed by atoms with van der Waals surface area (Å²) in [6.07, 6.45) is 2.45. The van der Waals surface area contributed by atoms with Gasteiger partial charge >= 0.3 is 12.1 Å². The monoisotopic (exact) mass is 579 g/mol. The Morgan fingerprint density at radius 2 is 1.71 bits per heavy atom. The fourth-order valence-corrected chi connectivity index (χ4v) is 4.61. The van der Waals surface area contributed by atoms with E-state index in [0.29, 0.717) is 48.4 Å². The van der Waals surface area contributed by atoms with Crippen molar-refractivity contribution in [1.82, 2.24) is 19.8 Å². The van der Waals surface area contributed by atoms with Crippen LogP contribution in [-0.2, 0) is 9.47 Å². The maximum absolute atomic E-state index is 13.4. The molecule has 0 saturated carbocycles. The zero-order chi connectivity index (χ0) is 31.0. The number of hydrogen-bond donors (Lipinski definition) is 2. The summed E-state index contributed by atoms with van der Waals surface area (Å²) in [5.41, 5.74) is 1.64. The topological polar surface area (TPSA) is 132 Å². The van der Waals surface area contributed by atoms with Gasteiger partial charge in [-0.3, -0.25) is 14.9 Å². The number of methoxy groups -OCH3 is 1. The van der Waals surface area contributed by atoms with Crippen LogP contribution < -0.4 is 10.6 Å². The summed E-state index contributed by atoms with van der Waals surface area (Å²) < 4.78 is 12.0. The lowest BCUT2D eigenvalue weighted by Gasteiger charge is -2.22. The highest BCUT2D eigenvalue weighted by Crippen LogP contribution is 2.32. The van der Waals surface area contributed by atoms with Gasteiger partial charge in [0.1, 0.15) is 5.60 Å². The summed E-state index contributed by atoms with van der Waals surface area (Å²) in [5, 5.41) is 5.69. The largest absolute Gasteiger partial charge is 0.465 e. The SMILES string of the molecule is CCC(CCCCNC(=O)OC(C)(C)C)n1c(NC(=O)c2cccc(C(=O)OC)c2)nc2cccc(C(=O)N(C)C)c21. The van der Waals surface area contributed by atoms with E-state index in [2.05, 4.69) is 10.6 Å². The number of ether oxygens (including phenoxy) is 2. The van der Waals surface area contributed by atoms with E-state index in [1.165, 1.54) is 18.1 Å². The third kappa shape index (κ3) is 8.08. The molecule has 0 bridgehead atoms. The molecule has 11 nitrogen and oxygen atoms in total. The van der Waals surface area contributed by atoms with E-state index >= 15 is 0 Å². The molecule has 0 fully saturated rings. The fourth-order valence-electron chi connectivity index (χ4n) is 4.61. The highest BCUT2D eigenvalue weighted by molar-refractivity contribution is 6.08. The number of alkyl carbamates (subject to hydrolysis) is 1. The number of imidazole rings is 1. The van der Waals surface area contributed by atoms with Gasteiger partial charge in [0.25, 0.3) is 11.8 Å². The number of carbonyl (C=O) groups is 4. The second kappa shape index (κ2) is 14.0. The first-order valence-corrected chi connectivity index (χ1v) is 14.1. The van der Waals surface area contributed by atoms with Crippen LogP contribution in [0.25, 0.3) is 11.0 Å². The van der Waals surface area contributed by atoms with Crippen molar-refractivity contribution in [3.05, 3.63) is 59.2 Å². The lowest BCUT2D eigenvalue weighted by atomic mass is 10.1. The van der Waals surface area contributed by atoms with Gasteiger partial charge in [-0.05, 0) is 76.8 Å². The van der Waals surface area contributed by atoms with Gasteiger partial charge in [-0.15, -0.1) is 0 Å². The minimum Gasteiger partial charge on any atom is -0.465 e. The highest BCUT2D eigenvalue weighted by Gasteiger charge is 2.25. The van der Waals surface area contributed by atoms with Crippen molar-refractivity contribution >= 4 is 40.9 Å². The van der Waals surface area contributed by atoms with Crippen molar-refractivity contribution < 1.29 is 28.7 Å². The molecule has 1 aromatic heterocycles. The summed E-state index contributed by atoms with van der Waals surface area (Å²) in [5.74, 6) is -0.872. The van der Waals surface area contributed by atoms with Crippen LogP contribution in [-0.4, -0.2) is 71.7 Å². The van der Waals surface area contributed by atoms with Gasteiger partial charge in [0.2, 0.25) is 5.95 Å². The van der Waals surface area contributed by atoms with Crippen molar-refractivity contribution in [1.29, 1.82) is 0 Å². The number of amides is 3. The molecule has 3 rings (SSSR count). The maximum Gasteiger partial charge on any atom is 0.407 e. The van der Waals surface area contributed by atoms with Crippen molar-refractivity contribution in [2.45, 2.75) is 65.0 Å². The molecular weight excluding hydrogens is 538 g/mol. The second-order valence-electron chi connectivity index (χ2n) is 11.2. The molecule has 3 amide bonds. The predicted octanol–water partition coefficient (Wildman–Crippen LogP) is 5.42. The highest BCUT2D eigenvalue weighted by atomic mass is 16.6. The first-order chi connectivity index (χ1) is 19.9. The zero-order valence-corrected chi connectivity index (χ0v) is 25.4. The van der Waals surface area contributed by atoms with E-state index in [1.54, 1.807) is 44.4 Å². The fraction of sp³-hybridized carbons (Fsp3) is 0.452. The summed E-state index contributed by atoms with van der Waals surface area (Å²) >= 11 is 0. The van der Waals surface area contributed by atoms with Gasteiger partial charge in [-0.1, -0.05) is 19.1 Å². The number of nitrogens with one attached hydrogen (secondary N) is 2. The normalized spacial score (nSPS) is 12.0. The average Bonchev–Trinajstić information content (AvgIpc) is 3.30. The molecule has 226 valence electrons. The minimum absolute atomic E-state index is 0.107. The molecule has 0 aliphatic heterocycles. The van der Waals surface area contributed by atoms with Crippen molar-refractivity contribution in [3.63, 3.8) is 0 Å². The predicted molar refractivity (Wildman–Crippen MR) is 161 cm³/mol. The Morgan fingerprint density at radius 3 is 2.36 bits per heavy atom. The standard InChI is InChI=1S/C31H41N5O6/c1-8-22(15-9-10-18-32-30(40)42-31(2,3)4)36-25-23(27(38)35(5)6)16-12-17-24(25)33-29(36)34-26(37)20-13-11-14-21(19-20)28(39)41-7/h11-14,16-17,19,22H,8-10,15,18H2,1-7H3,(H,32,40)(H,33,34,37). The third-order valence-corrected chi connectivity index (χ3v) is 6.59. The smallest absolute Gasteiger partial charge is 0.407 e. The molecule has 42 heavy (non-hydrogen) atoms. The Kier molecular flexibility index (Phi) is 10.7. The van der Waals surface area contributed by atoms with E-state index in [0.717, 1.165) is 6.42 Å². The number of benzene rings is 2. The summed E-state index contributed by atoms with van der Waals surface area (Å²) in [7, 11) is 4.66. The maximum atomic E-state index is 13.4. The van der Waals surface area contributed by atoms with Crippen LogP contribution in [0.15, 0.2) is 42.5 Å². The van der Waals surface area contributed by atoms with Gasteiger partial charge in [-0.25, -0.2) is 14.6 Å². The number of nitrogens with zero attached hydrogens (tertiary/aromatic N) is 3. The van der Waals surface area contributed by atoms with Gasteiger partial charge in [0.05, 0.1) is 29.3 Å². The lowest BCUT2D eigenvalue weighted by Crippen LogP contribution is -2.33. The molecule has 3 aromatic rings. The van der Waals surface area contributed by atoms with Crippen LogP contribution in [0.4, 0.5) is 10.7 Å². The number of fused-ring (bicyclic) bond motifs is 1. The van der Waals surface area contributed by atoms with Gasteiger partial charge in [0, 0.05) is 32.2 Å². The van der Waals surface area contributed by atoms with E-state index in [-0.39, 0.29) is 23.1 Å². The van der Waals surface area contributed by atoms with E-state index in [1.807, 2.05) is 38.3 Å². The second-order valence-corrected chi connectivity index (χ2v) is 11.2. The van der Waals surface area contributed by atoms with Gasteiger partial charge in [-0.2, -0.15) is 0 Å². The van der Waals surface area contributed by atoms with E-state index < -0.39 is 23.6 Å². The van der Waals surface area contributed by atoms with Crippen molar-refractivity contribution in [2.24, 2.45) is 0 Å². The summed E-state index contributed by atoms with van der Waals surface area (Å²) in [6, 6.07) is 11.5. The molecule has 0 saturated heterocycles. The molecule has 11 heteroatoms. The molecule has 0 spiro atoms. The number of carbonyl (C=O) groups excluding carboxylic acids is 4. The molecule has 0 aliphatic carbocycles. The number of unbranched alkanes of at least 4 members (excludes halogenated alkanes) is 1. The average molecular weight is 580 g/mol. The Bertz CT molecular complexity index is 1440. The van der Waals surface area contributed by atoms with Crippen LogP contribution in [0.2, 0.25) is 0 Å². The van der Waals surface area contributed by atoms with Crippen molar-refractivity contribution in [3.8, 4) is 0 Å². The number of para-hydroxylation sites is 1. The molecule has 2 aromatic carbocycles. The molecule has 0 radical (unpaired) electrons. The van der Waals surface area contributed by atoms with E-state index in [9.17, 15) is 19.2 Å². The van der Waals surface area contributed by atoms with Gasteiger partial charge < -0.3 is 24.3 Å². The number of esters is 1. The molecule has 1 atom stereocenters. The molecular formula is C31H41N5O6. The van der Waals surface area contributed by atoms with Crippen LogP contribution in [0.5, 0.6) is 0 Å². The van der Waals surface area contributed by atoms with E-state index in [4.69, 9.17) is 14.5 Å². The summed E-state index contributed by atoms with van der Waals surface area (Å²) in [6.45, 7) is 7.94. The quantitative estimate of drug-likeness (QED) is 0.229. The van der Waals surface area contributed by atoms with Crippen LogP contribution >= 0.6 is 0 Å². The zero-order valence-electron chi connectivity index (χ0n) is 25.4. The number of aromatic nitrogens is 2. The Labute approximate surface area is 246 Å². The molecule has 1 unspecified atom stereocenters. The minimum atomic E-state index is -0.566. The number of rotatable bonds is 11. The first-order valence-electron chi connectivity index (χ1n) is 14.1. The van der Waals surface area contributed by atoms with Gasteiger partial charge in [0.15, 0.2) is 0 Å². The molecule has 0 aliphatic rings. The summed E-state index contributed by atoms with van der Waals surface area (Å²) in [4.78, 5) is 56.8. The van der Waals surface area contributed by atoms with Crippen LogP contribution in [0.3, 0.4) is 0 Å². The molecule has 1 heterocycles. The Balaban J connectivity index is 1.92. The lowest BCUT2D eigenvalue weighted by molar-refractivity contribution is 0.0525. The number of hydrogen-bond acceptors (Lipinski definition) is 7.